The van der Waals surface area contributed by atoms with Crippen LogP contribution in [0.1, 0.15) is 45.2 Å². The van der Waals surface area contributed by atoms with Gasteiger partial charge in [-0.3, -0.25) is 9.48 Å². The van der Waals surface area contributed by atoms with Crippen molar-refractivity contribution in [2.45, 2.75) is 30.4 Å². The molecule has 0 N–H and O–H groups in total. The number of nitrogens with zero attached hydrogens (tertiary/aromatic N) is 4. The monoisotopic (exact) mass is 554 g/mol. The molecule has 0 saturated heterocycles. The van der Waals surface area contributed by atoms with Gasteiger partial charge in [-0.1, -0.05) is 27.5 Å². The van der Waals surface area contributed by atoms with Crippen LogP contribution in [0.4, 0.5) is 13.2 Å². The van der Waals surface area contributed by atoms with E-state index in [1.807, 2.05) is 0 Å². The third-order valence-electron chi connectivity index (χ3n) is 6.16. The van der Waals surface area contributed by atoms with Crippen molar-refractivity contribution in [2.75, 3.05) is 13.2 Å². The fourth-order valence-corrected chi connectivity index (χ4v) is 5.23. The number of aromatic nitrogens is 3. The number of hydrogen-bond donors (Lipinski definition) is 0. The molecule has 2 aromatic heterocycles. The minimum atomic E-state index is -4.61. The van der Waals surface area contributed by atoms with Crippen LogP contribution in [0, 0.1) is 0 Å². The summed E-state index contributed by atoms with van der Waals surface area (Å²) in [6, 6.07) is 4.93. The summed E-state index contributed by atoms with van der Waals surface area (Å²) in [5, 5.41) is 4.49. The molecule has 0 radical (unpaired) electrons. The molecule has 4 heterocycles. The number of carbonyl (C=O) groups excluding carboxylic acids is 1. The first-order valence-corrected chi connectivity index (χ1v) is 12.1. The minimum absolute atomic E-state index is 0.0253. The van der Waals surface area contributed by atoms with Gasteiger partial charge < -0.3 is 9.64 Å². The summed E-state index contributed by atoms with van der Waals surface area (Å²) in [6.45, 7) is 0.755. The minimum Gasteiger partial charge on any atom is -0.477 e. The van der Waals surface area contributed by atoms with E-state index >= 15 is 0 Å². The van der Waals surface area contributed by atoms with Crippen LogP contribution in [0.2, 0.25) is 5.02 Å². The van der Waals surface area contributed by atoms with E-state index < -0.39 is 11.9 Å². The van der Waals surface area contributed by atoms with Gasteiger partial charge in [-0.2, -0.15) is 18.3 Å². The molecule has 11 heteroatoms. The number of fused-ring (bicyclic) bond motifs is 2. The van der Waals surface area contributed by atoms with Crippen LogP contribution in [-0.4, -0.2) is 38.7 Å². The van der Waals surface area contributed by atoms with Crippen molar-refractivity contribution >= 4 is 33.4 Å². The van der Waals surface area contributed by atoms with Crippen LogP contribution in [0.25, 0.3) is 11.1 Å². The standard InChI is InChI=1S/C23H19BrClF3N4O2/c1-31-11-18(20(30-31)23(26,27)28)15-6-12(9-24)7-16-14(15)2-4-32(22(16)33)19-3-5-34-21-17(19)8-13(25)10-29-21/h6-8,10-11,19H,2-5,9H2,1H3/t19-/m0/s1. The van der Waals surface area contributed by atoms with Crippen molar-refractivity contribution in [1.29, 1.82) is 0 Å². The van der Waals surface area contributed by atoms with Gasteiger partial charge in [0.15, 0.2) is 5.69 Å². The Morgan fingerprint density at radius 3 is 2.74 bits per heavy atom. The molecule has 0 unspecified atom stereocenters. The zero-order valence-corrected chi connectivity index (χ0v) is 20.3. The van der Waals surface area contributed by atoms with Crippen molar-refractivity contribution in [3.8, 4) is 17.0 Å². The normalized spacial score (nSPS) is 17.9. The third kappa shape index (κ3) is 3.96. The lowest BCUT2D eigenvalue weighted by atomic mass is 9.87. The molecule has 2 aliphatic heterocycles. The van der Waals surface area contributed by atoms with Gasteiger partial charge in [-0.05, 0) is 41.3 Å². The van der Waals surface area contributed by atoms with E-state index in [1.54, 1.807) is 23.1 Å². The van der Waals surface area contributed by atoms with Gasteiger partial charge in [-0.25, -0.2) is 4.98 Å². The number of aryl methyl sites for hydroxylation is 1. The molecule has 3 aromatic rings. The van der Waals surface area contributed by atoms with Crippen LogP contribution in [0.3, 0.4) is 0 Å². The van der Waals surface area contributed by atoms with E-state index in [2.05, 4.69) is 26.0 Å². The van der Waals surface area contributed by atoms with E-state index in [4.69, 9.17) is 16.3 Å². The summed E-state index contributed by atoms with van der Waals surface area (Å²) >= 11 is 9.54. The number of rotatable bonds is 3. The number of amides is 1. The lowest BCUT2D eigenvalue weighted by Gasteiger charge is -2.38. The van der Waals surface area contributed by atoms with Crippen molar-refractivity contribution in [3.05, 3.63) is 63.6 Å². The largest absolute Gasteiger partial charge is 0.477 e. The van der Waals surface area contributed by atoms with Crippen LogP contribution in [0.15, 0.2) is 30.6 Å². The molecule has 0 bridgehead atoms. The molecule has 5 rings (SSSR count). The molecular formula is C23H19BrClF3N4O2. The van der Waals surface area contributed by atoms with Gasteiger partial charge in [-0.15, -0.1) is 0 Å². The van der Waals surface area contributed by atoms with Crippen molar-refractivity contribution in [3.63, 3.8) is 0 Å². The summed E-state index contributed by atoms with van der Waals surface area (Å²) in [7, 11) is 1.45. The van der Waals surface area contributed by atoms with Crippen molar-refractivity contribution < 1.29 is 22.7 Å². The van der Waals surface area contributed by atoms with Gasteiger partial charge in [0.2, 0.25) is 5.88 Å². The molecule has 0 fully saturated rings. The Bertz CT molecular complexity index is 1290. The number of hydrogen-bond acceptors (Lipinski definition) is 4. The van der Waals surface area contributed by atoms with E-state index in [0.29, 0.717) is 64.5 Å². The van der Waals surface area contributed by atoms with Gasteiger partial charge in [0.25, 0.3) is 5.91 Å². The maximum absolute atomic E-state index is 13.7. The molecule has 0 aliphatic carbocycles. The molecule has 0 spiro atoms. The lowest BCUT2D eigenvalue weighted by Crippen LogP contribution is -2.42. The molecule has 1 atom stereocenters. The Labute approximate surface area is 206 Å². The second-order valence-corrected chi connectivity index (χ2v) is 9.31. The average molecular weight is 556 g/mol. The lowest BCUT2D eigenvalue weighted by molar-refractivity contribution is -0.140. The highest BCUT2D eigenvalue weighted by Gasteiger charge is 2.40. The van der Waals surface area contributed by atoms with Gasteiger partial charge in [0.1, 0.15) is 0 Å². The summed E-state index contributed by atoms with van der Waals surface area (Å²) in [5.74, 6) is 0.208. The first-order valence-electron chi connectivity index (χ1n) is 10.6. The zero-order valence-electron chi connectivity index (χ0n) is 18.0. The predicted molar refractivity (Wildman–Crippen MR) is 123 cm³/mol. The van der Waals surface area contributed by atoms with E-state index in [-0.39, 0.29) is 17.5 Å². The number of carbonyl (C=O) groups is 1. The predicted octanol–water partition coefficient (Wildman–Crippen LogP) is 5.57. The van der Waals surface area contributed by atoms with Gasteiger partial charge in [0, 0.05) is 54.4 Å². The number of alkyl halides is 4. The number of pyridine rings is 1. The van der Waals surface area contributed by atoms with E-state index in [0.717, 1.165) is 10.2 Å². The fraction of sp³-hybridized carbons (Fsp3) is 0.348. The maximum atomic E-state index is 13.7. The molecule has 34 heavy (non-hydrogen) atoms. The molecule has 178 valence electrons. The van der Waals surface area contributed by atoms with Crippen molar-refractivity contribution in [2.24, 2.45) is 7.05 Å². The Balaban J connectivity index is 1.61. The molecular weight excluding hydrogens is 537 g/mol. The SMILES string of the molecule is Cn1cc(-c2cc(CBr)cc3c2CCN([C@H]2CCOc4ncc(Cl)cc42)C3=O)c(C(F)(F)F)n1. The maximum Gasteiger partial charge on any atom is 0.435 e. The smallest absolute Gasteiger partial charge is 0.435 e. The van der Waals surface area contributed by atoms with E-state index in [9.17, 15) is 18.0 Å². The average Bonchev–Trinajstić information content (AvgIpc) is 3.21. The number of ether oxygens (including phenoxy) is 1. The third-order valence-corrected chi connectivity index (χ3v) is 7.01. The fourth-order valence-electron chi connectivity index (χ4n) is 4.74. The van der Waals surface area contributed by atoms with Crippen molar-refractivity contribution in [1.82, 2.24) is 19.7 Å². The van der Waals surface area contributed by atoms with Crippen LogP contribution in [-0.2, 0) is 25.0 Å². The summed E-state index contributed by atoms with van der Waals surface area (Å²) in [4.78, 5) is 19.7. The summed E-state index contributed by atoms with van der Waals surface area (Å²) in [6.07, 6.45) is -0.781. The quantitative estimate of drug-likeness (QED) is 0.397. The van der Waals surface area contributed by atoms with Crippen LogP contribution < -0.4 is 4.74 Å². The first-order chi connectivity index (χ1) is 16.2. The molecule has 2 aliphatic rings. The Morgan fingerprint density at radius 2 is 2.00 bits per heavy atom. The molecule has 1 aromatic carbocycles. The van der Waals surface area contributed by atoms with Gasteiger partial charge in [0.05, 0.1) is 17.7 Å². The van der Waals surface area contributed by atoms with Crippen LogP contribution >= 0.6 is 27.5 Å². The Kier molecular flexibility index (Phi) is 5.84. The Morgan fingerprint density at radius 1 is 1.24 bits per heavy atom. The molecule has 6 nitrogen and oxygen atoms in total. The highest BCUT2D eigenvalue weighted by atomic mass is 79.9. The second-order valence-electron chi connectivity index (χ2n) is 8.32. The summed E-state index contributed by atoms with van der Waals surface area (Å²) in [5.41, 5.74) is 1.84. The second kappa shape index (κ2) is 8.57. The highest BCUT2D eigenvalue weighted by Crippen LogP contribution is 2.42. The topological polar surface area (TPSA) is 60.2 Å². The summed E-state index contributed by atoms with van der Waals surface area (Å²) < 4.78 is 48.0. The number of halogens is 5. The molecule has 0 saturated carbocycles. The highest BCUT2D eigenvalue weighted by molar-refractivity contribution is 9.08. The van der Waals surface area contributed by atoms with Crippen LogP contribution in [0.5, 0.6) is 5.88 Å². The zero-order chi connectivity index (χ0) is 24.2. The first kappa shape index (κ1) is 23.2. The van der Waals surface area contributed by atoms with E-state index in [1.165, 1.54) is 19.4 Å². The molecule has 1 amide bonds. The van der Waals surface area contributed by atoms with Gasteiger partial charge >= 0.3 is 6.18 Å². The Hall–Kier alpha value is -2.59. The number of benzene rings is 1.